The highest BCUT2D eigenvalue weighted by Gasteiger charge is 2.51. The first kappa shape index (κ1) is 29.7. The minimum Gasteiger partial charge on any atom is -0.465 e. The van der Waals surface area contributed by atoms with E-state index in [1.165, 1.54) is 20.8 Å². The lowest BCUT2D eigenvalue weighted by molar-refractivity contribution is -0.173. The van der Waals surface area contributed by atoms with E-state index < -0.39 is 99.9 Å². The number of alkyl carbamates (subject to hydrolysis) is 1. The van der Waals surface area contributed by atoms with E-state index in [0.29, 0.717) is 12.1 Å². The molecule has 3 heterocycles. The standard InChI is InChI=1S/C26H24F6N4O5/c1-25(2,3)41-24(39)33-18-11-35(10-15(18)26(30,31)32)22-17(29)8-13-20(37)14(23(38)40-4)9-36(21(13)34-22)19-6-5-12(27)7-16(19)28/h5-9,15,18H,10-11H2,1-4H3,(H,33,39). The van der Waals surface area contributed by atoms with Crippen molar-refractivity contribution in [3.05, 3.63) is 63.7 Å². The fourth-order valence-electron chi connectivity index (χ4n) is 4.47. The zero-order valence-corrected chi connectivity index (χ0v) is 22.1. The molecule has 1 fully saturated rings. The number of nitrogens with one attached hydrogen (secondary N) is 1. The van der Waals surface area contributed by atoms with Gasteiger partial charge in [-0.15, -0.1) is 0 Å². The van der Waals surface area contributed by atoms with E-state index in [0.717, 1.165) is 34.9 Å². The Kier molecular flexibility index (Phi) is 7.67. The summed E-state index contributed by atoms with van der Waals surface area (Å²) in [4.78, 5) is 42.5. The van der Waals surface area contributed by atoms with E-state index >= 15 is 4.39 Å². The summed E-state index contributed by atoms with van der Waals surface area (Å²) < 4.78 is 96.0. The van der Waals surface area contributed by atoms with E-state index in [1.807, 2.05) is 0 Å². The zero-order chi connectivity index (χ0) is 30.4. The van der Waals surface area contributed by atoms with Crippen LogP contribution in [-0.2, 0) is 9.47 Å². The molecule has 1 aliphatic rings. The monoisotopic (exact) mass is 586 g/mol. The number of alkyl halides is 3. The molecule has 0 spiro atoms. The first-order valence-corrected chi connectivity index (χ1v) is 12.1. The van der Waals surface area contributed by atoms with Crippen molar-refractivity contribution < 1.29 is 45.4 Å². The van der Waals surface area contributed by atoms with Gasteiger partial charge in [-0.3, -0.25) is 9.36 Å². The molecule has 0 bridgehead atoms. The summed E-state index contributed by atoms with van der Waals surface area (Å²) in [5, 5.41) is 1.65. The predicted octanol–water partition coefficient (Wildman–Crippen LogP) is 4.48. The molecule has 2 unspecified atom stereocenters. The number of methoxy groups -OCH3 is 1. The number of ether oxygens (including phenoxy) is 2. The number of benzene rings is 1. The Morgan fingerprint density at radius 1 is 1.05 bits per heavy atom. The van der Waals surface area contributed by atoms with E-state index in [2.05, 4.69) is 15.0 Å². The summed E-state index contributed by atoms with van der Waals surface area (Å²) in [6, 6.07) is 1.47. The highest BCUT2D eigenvalue weighted by molar-refractivity contribution is 5.93. The van der Waals surface area contributed by atoms with Crippen molar-refractivity contribution in [1.82, 2.24) is 14.9 Å². The summed E-state index contributed by atoms with van der Waals surface area (Å²) in [5.74, 6) is -7.23. The second kappa shape index (κ2) is 10.6. The molecule has 2 aromatic heterocycles. The van der Waals surface area contributed by atoms with E-state index in [-0.39, 0.29) is 0 Å². The lowest BCUT2D eigenvalue weighted by Crippen LogP contribution is -2.47. The Balaban J connectivity index is 1.86. The van der Waals surface area contributed by atoms with Crippen molar-refractivity contribution in [2.45, 2.75) is 38.6 Å². The van der Waals surface area contributed by atoms with Gasteiger partial charge in [0, 0.05) is 25.4 Å². The molecule has 1 aliphatic heterocycles. The SMILES string of the molecule is COC(=O)c1cn(-c2ccc(F)cc2F)c2nc(N3CC(NC(=O)OC(C)(C)C)C(C(F)(F)F)C3)c(F)cc2c1=O. The van der Waals surface area contributed by atoms with Crippen LogP contribution in [0.3, 0.4) is 0 Å². The van der Waals surface area contributed by atoms with Crippen molar-refractivity contribution in [1.29, 1.82) is 0 Å². The molecule has 3 aromatic rings. The van der Waals surface area contributed by atoms with Gasteiger partial charge in [0.05, 0.1) is 30.1 Å². The molecule has 4 rings (SSSR count). The van der Waals surface area contributed by atoms with Gasteiger partial charge in [-0.1, -0.05) is 0 Å². The normalized spacial score (nSPS) is 17.6. The van der Waals surface area contributed by atoms with Gasteiger partial charge in [0.1, 0.15) is 22.8 Å². The zero-order valence-electron chi connectivity index (χ0n) is 22.1. The molecule has 0 aliphatic carbocycles. The van der Waals surface area contributed by atoms with Crippen LogP contribution in [0.1, 0.15) is 31.1 Å². The summed E-state index contributed by atoms with van der Waals surface area (Å²) in [6.07, 6.45) is -5.06. The van der Waals surface area contributed by atoms with Gasteiger partial charge in [0.25, 0.3) is 0 Å². The van der Waals surface area contributed by atoms with Crippen LogP contribution >= 0.6 is 0 Å². The largest absolute Gasteiger partial charge is 0.465 e. The second-order valence-electron chi connectivity index (χ2n) is 10.3. The molecule has 0 saturated carbocycles. The van der Waals surface area contributed by atoms with Crippen LogP contribution in [0, 0.1) is 23.4 Å². The topological polar surface area (TPSA) is 103 Å². The average molecular weight is 586 g/mol. The number of amides is 1. The molecular weight excluding hydrogens is 562 g/mol. The first-order chi connectivity index (χ1) is 19.0. The van der Waals surface area contributed by atoms with Gasteiger partial charge < -0.3 is 19.7 Å². The minimum absolute atomic E-state index is 0.398. The van der Waals surface area contributed by atoms with Crippen LogP contribution in [-0.4, -0.2) is 59.6 Å². The van der Waals surface area contributed by atoms with E-state index in [4.69, 9.17) is 4.74 Å². The number of carbonyl (C=O) groups is 2. The number of carbonyl (C=O) groups excluding carboxylic acids is 2. The van der Waals surface area contributed by atoms with Crippen molar-refractivity contribution in [3.8, 4) is 5.69 Å². The maximum atomic E-state index is 15.4. The van der Waals surface area contributed by atoms with Crippen LogP contribution in [0.5, 0.6) is 0 Å². The number of hydrogen-bond donors (Lipinski definition) is 1. The van der Waals surface area contributed by atoms with Gasteiger partial charge in [-0.2, -0.15) is 13.2 Å². The number of nitrogens with zero attached hydrogens (tertiary/aromatic N) is 3. The highest BCUT2D eigenvalue weighted by atomic mass is 19.4. The number of anilines is 1. The molecule has 220 valence electrons. The van der Waals surface area contributed by atoms with Crippen LogP contribution in [0.15, 0.2) is 35.3 Å². The number of esters is 1. The molecule has 1 N–H and O–H groups in total. The number of aromatic nitrogens is 2. The van der Waals surface area contributed by atoms with Crippen molar-refractivity contribution in [2.24, 2.45) is 5.92 Å². The van der Waals surface area contributed by atoms with Crippen LogP contribution in [0.25, 0.3) is 16.7 Å². The minimum atomic E-state index is -4.81. The molecule has 0 radical (unpaired) electrons. The number of hydrogen-bond acceptors (Lipinski definition) is 7. The molecule has 15 heteroatoms. The van der Waals surface area contributed by atoms with Gasteiger partial charge in [0.2, 0.25) is 5.43 Å². The lowest BCUT2D eigenvalue weighted by Gasteiger charge is -2.25. The molecule has 9 nitrogen and oxygen atoms in total. The second-order valence-corrected chi connectivity index (χ2v) is 10.3. The molecule has 1 saturated heterocycles. The smallest absolute Gasteiger partial charge is 0.407 e. The molecule has 2 atom stereocenters. The van der Waals surface area contributed by atoms with E-state index in [9.17, 15) is 36.3 Å². The molecule has 1 aromatic carbocycles. The Labute approximate surface area is 228 Å². The third-order valence-corrected chi connectivity index (χ3v) is 6.23. The molecule has 1 amide bonds. The van der Waals surface area contributed by atoms with Gasteiger partial charge in [-0.25, -0.2) is 27.7 Å². The number of rotatable bonds is 4. The summed E-state index contributed by atoms with van der Waals surface area (Å²) in [6.45, 7) is 3.21. The van der Waals surface area contributed by atoms with Crippen molar-refractivity contribution in [3.63, 3.8) is 0 Å². The summed E-state index contributed by atoms with van der Waals surface area (Å²) in [7, 11) is 0.975. The maximum Gasteiger partial charge on any atom is 0.407 e. The first-order valence-electron chi connectivity index (χ1n) is 12.1. The van der Waals surface area contributed by atoms with E-state index in [1.54, 1.807) is 0 Å². The number of pyridine rings is 2. The predicted molar refractivity (Wildman–Crippen MR) is 133 cm³/mol. The number of fused-ring (bicyclic) bond motifs is 1. The van der Waals surface area contributed by atoms with Crippen molar-refractivity contribution >= 4 is 28.9 Å². The quantitative estimate of drug-likeness (QED) is 0.355. The fraction of sp³-hybridized carbons (Fsp3) is 0.385. The Morgan fingerprint density at radius 2 is 1.73 bits per heavy atom. The van der Waals surface area contributed by atoms with Gasteiger partial charge in [0.15, 0.2) is 17.3 Å². The Bertz CT molecular complexity index is 1580. The Hall–Kier alpha value is -4.30. The fourth-order valence-corrected chi connectivity index (χ4v) is 4.47. The average Bonchev–Trinajstić information content (AvgIpc) is 3.27. The van der Waals surface area contributed by atoms with Crippen LogP contribution < -0.4 is 15.6 Å². The Morgan fingerprint density at radius 3 is 2.32 bits per heavy atom. The highest BCUT2D eigenvalue weighted by Crippen LogP contribution is 2.37. The molecular formula is C26H24F6N4O5. The van der Waals surface area contributed by atoms with Crippen LogP contribution in [0.4, 0.5) is 37.0 Å². The van der Waals surface area contributed by atoms with Crippen molar-refractivity contribution in [2.75, 3.05) is 25.1 Å². The van der Waals surface area contributed by atoms with Crippen LogP contribution in [0.2, 0.25) is 0 Å². The number of halogens is 6. The van der Waals surface area contributed by atoms with Gasteiger partial charge in [-0.05, 0) is 39.0 Å². The lowest BCUT2D eigenvalue weighted by atomic mass is 10.0. The third-order valence-electron chi connectivity index (χ3n) is 6.23. The summed E-state index contributed by atoms with van der Waals surface area (Å²) >= 11 is 0. The summed E-state index contributed by atoms with van der Waals surface area (Å²) in [5.41, 5.74) is -3.49. The third kappa shape index (κ3) is 6.07. The molecule has 41 heavy (non-hydrogen) atoms. The maximum absolute atomic E-state index is 15.4. The van der Waals surface area contributed by atoms with Gasteiger partial charge >= 0.3 is 18.2 Å².